The van der Waals surface area contributed by atoms with E-state index in [4.69, 9.17) is 0 Å². The predicted octanol–water partition coefficient (Wildman–Crippen LogP) is 1.74. The zero-order valence-electron chi connectivity index (χ0n) is 6.12. The SMILES string of the molecule is CCCNCCCCF. The first-order valence-corrected chi connectivity index (χ1v) is 3.68. The van der Waals surface area contributed by atoms with Gasteiger partial charge in [-0.15, -0.1) is 0 Å². The number of hydrogen-bond donors (Lipinski definition) is 1. The highest BCUT2D eigenvalue weighted by Crippen LogP contribution is 1.86. The minimum absolute atomic E-state index is 0.173. The number of nitrogens with one attached hydrogen (secondary N) is 1. The van der Waals surface area contributed by atoms with Crippen LogP contribution in [0, 0.1) is 0 Å². The number of hydrogen-bond acceptors (Lipinski definition) is 1. The molecule has 0 aliphatic rings. The summed E-state index contributed by atoms with van der Waals surface area (Å²) in [4.78, 5) is 0. The first-order valence-electron chi connectivity index (χ1n) is 3.68. The lowest BCUT2D eigenvalue weighted by Crippen LogP contribution is -2.15. The molecule has 0 aliphatic carbocycles. The van der Waals surface area contributed by atoms with Crippen LogP contribution in [0.5, 0.6) is 0 Å². The molecule has 0 saturated carbocycles. The van der Waals surface area contributed by atoms with Crippen molar-refractivity contribution in [2.45, 2.75) is 26.2 Å². The molecule has 0 radical (unpaired) electrons. The van der Waals surface area contributed by atoms with Gasteiger partial charge in [0.05, 0.1) is 6.67 Å². The maximum atomic E-state index is 11.5. The van der Waals surface area contributed by atoms with E-state index in [0.717, 1.165) is 25.9 Å². The molecule has 0 amide bonds. The molecule has 0 rings (SSSR count). The molecular formula is C7H16FN. The van der Waals surface area contributed by atoms with Crippen molar-refractivity contribution in [1.29, 1.82) is 0 Å². The first kappa shape index (κ1) is 8.89. The predicted molar refractivity (Wildman–Crippen MR) is 38.4 cm³/mol. The summed E-state index contributed by atoms with van der Waals surface area (Å²) in [7, 11) is 0. The Balaban J connectivity index is 2.60. The zero-order chi connectivity index (χ0) is 6.95. The Morgan fingerprint density at radius 2 is 2.00 bits per heavy atom. The Bertz CT molecular complexity index is 42.2. The summed E-state index contributed by atoms with van der Waals surface area (Å²) in [6.45, 7) is 3.99. The molecule has 0 spiro atoms. The molecule has 0 bridgehead atoms. The van der Waals surface area contributed by atoms with Crippen LogP contribution in [0.25, 0.3) is 0 Å². The number of rotatable bonds is 6. The summed E-state index contributed by atoms with van der Waals surface area (Å²) < 4.78 is 11.5. The van der Waals surface area contributed by atoms with Crippen LogP contribution < -0.4 is 5.32 Å². The molecule has 0 aliphatic heterocycles. The highest BCUT2D eigenvalue weighted by Gasteiger charge is 1.85. The number of alkyl halides is 1. The fraction of sp³-hybridized carbons (Fsp3) is 1.00. The lowest BCUT2D eigenvalue weighted by molar-refractivity contribution is 0.455. The Kier molecular flexibility index (Phi) is 7.79. The van der Waals surface area contributed by atoms with Gasteiger partial charge in [-0.25, -0.2) is 0 Å². The average molecular weight is 133 g/mol. The summed E-state index contributed by atoms with van der Waals surface area (Å²) in [5, 5.41) is 3.20. The molecule has 56 valence electrons. The molecule has 0 atom stereocenters. The van der Waals surface area contributed by atoms with Gasteiger partial charge >= 0.3 is 0 Å². The van der Waals surface area contributed by atoms with Crippen molar-refractivity contribution >= 4 is 0 Å². The first-order chi connectivity index (χ1) is 4.41. The summed E-state index contributed by atoms with van der Waals surface area (Å²) in [6, 6.07) is 0. The van der Waals surface area contributed by atoms with Crippen molar-refractivity contribution in [2.75, 3.05) is 19.8 Å². The van der Waals surface area contributed by atoms with Crippen LogP contribution in [0.4, 0.5) is 4.39 Å². The minimum Gasteiger partial charge on any atom is -0.317 e. The molecule has 0 aromatic heterocycles. The molecule has 0 aromatic carbocycles. The molecule has 0 heterocycles. The van der Waals surface area contributed by atoms with E-state index in [1.54, 1.807) is 0 Å². The lowest BCUT2D eigenvalue weighted by atomic mass is 10.3. The molecule has 2 heteroatoms. The van der Waals surface area contributed by atoms with E-state index in [1.165, 1.54) is 0 Å². The third-order valence-corrected chi connectivity index (χ3v) is 1.16. The van der Waals surface area contributed by atoms with Gasteiger partial charge in [0.15, 0.2) is 0 Å². The van der Waals surface area contributed by atoms with E-state index in [0.29, 0.717) is 6.42 Å². The third-order valence-electron chi connectivity index (χ3n) is 1.16. The third kappa shape index (κ3) is 7.89. The molecule has 1 nitrogen and oxygen atoms in total. The van der Waals surface area contributed by atoms with Crippen LogP contribution in [0.3, 0.4) is 0 Å². The standard InChI is InChI=1S/C7H16FN/c1-2-6-9-7-4-3-5-8/h9H,2-7H2,1H3. The number of halogens is 1. The Morgan fingerprint density at radius 3 is 2.56 bits per heavy atom. The van der Waals surface area contributed by atoms with Gasteiger partial charge in [-0.05, 0) is 32.4 Å². The lowest BCUT2D eigenvalue weighted by Gasteiger charge is -1.98. The van der Waals surface area contributed by atoms with Crippen molar-refractivity contribution in [2.24, 2.45) is 0 Å². The second kappa shape index (κ2) is 7.89. The second-order valence-corrected chi connectivity index (χ2v) is 2.15. The fourth-order valence-corrected chi connectivity index (χ4v) is 0.646. The zero-order valence-corrected chi connectivity index (χ0v) is 6.12. The van der Waals surface area contributed by atoms with E-state index in [-0.39, 0.29) is 6.67 Å². The second-order valence-electron chi connectivity index (χ2n) is 2.15. The van der Waals surface area contributed by atoms with Crippen LogP contribution in [0.2, 0.25) is 0 Å². The van der Waals surface area contributed by atoms with Crippen molar-refractivity contribution < 1.29 is 4.39 Å². The molecular weight excluding hydrogens is 117 g/mol. The van der Waals surface area contributed by atoms with Gasteiger partial charge in [-0.1, -0.05) is 6.92 Å². The smallest absolute Gasteiger partial charge is 0.0894 e. The Hall–Kier alpha value is -0.110. The molecule has 0 saturated heterocycles. The van der Waals surface area contributed by atoms with Crippen molar-refractivity contribution in [3.8, 4) is 0 Å². The highest BCUT2D eigenvalue weighted by molar-refractivity contribution is 4.45. The molecule has 9 heavy (non-hydrogen) atoms. The van der Waals surface area contributed by atoms with Crippen LogP contribution in [0.1, 0.15) is 26.2 Å². The van der Waals surface area contributed by atoms with Crippen molar-refractivity contribution in [3.05, 3.63) is 0 Å². The Labute approximate surface area is 56.6 Å². The maximum absolute atomic E-state index is 11.5. The van der Waals surface area contributed by atoms with Crippen molar-refractivity contribution in [3.63, 3.8) is 0 Å². The van der Waals surface area contributed by atoms with Gasteiger partial charge < -0.3 is 5.32 Å². The fourth-order valence-electron chi connectivity index (χ4n) is 0.646. The van der Waals surface area contributed by atoms with Gasteiger partial charge in [-0.2, -0.15) is 0 Å². The van der Waals surface area contributed by atoms with Gasteiger partial charge in [0.2, 0.25) is 0 Å². The maximum Gasteiger partial charge on any atom is 0.0894 e. The number of unbranched alkanes of at least 4 members (excludes halogenated alkanes) is 1. The molecule has 0 fully saturated rings. The molecule has 0 unspecified atom stereocenters. The largest absolute Gasteiger partial charge is 0.317 e. The van der Waals surface area contributed by atoms with Crippen LogP contribution in [0.15, 0.2) is 0 Å². The van der Waals surface area contributed by atoms with Gasteiger partial charge in [0.1, 0.15) is 0 Å². The molecule has 1 N–H and O–H groups in total. The van der Waals surface area contributed by atoms with Gasteiger partial charge in [0, 0.05) is 0 Å². The van der Waals surface area contributed by atoms with Gasteiger partial charge in [0.25, 0.3) is 0 Å². The molecule has 0 aromatic rings. The average Bonchev–Trinajstić information content (AvgIpc) is 1.89. The summed E-state index contributed by atoms with van der Waals surface area (Å²) in [5.74, 6) is 0. The summed E-state index contributed by atoms with van der Waals surface area (Å²) in [6.07, 6.45) is 2.84. The summed E-state index contributed by atoms with van der Waals surface area (Å²) in [5.41, 5.74) is 0. The van der Waals surface area contributed by atoms with Gasteiger partial charge in [-0.3, -0.25) is 4.39 Å². The highest BCUT2D eigenvalue weighted by atomic mass is 19.1. The quantitative estimate of drug-likeness (QED) is 0.544. The van der Waals surface area contributed by atoms with E-state index in [1.807, 2.05) is 0 Å². The van der Waals surface area contributed by atoms with Crippen LogP contribution in [-0.4, -0.2) is 19.8 Å². The summed E-state index contributed by atoms with van der Waals surface area (Å²) >= 11 is 0. The van der Waals surface area contributed by atoms with Crippen molar-refractivity contribution in [1.82, 2.24) is 5.32 Å². The monoisotopic (exact) mass is 133 g/mol. The topological polar surface area (TPSA) is 12.0 Å². The van der Waals surface area contributed by atoms with Crippen LogP contribution >= 0.6 is 0 Å². The normalized spacial score (nSPS) is 10.0. The van der Waals surface area contributed by atoms with E-state index in [9.17, 15) is 4.39 Å². The minimum atomic E-state index is -0.173. The van der Waals surface area contributed by atoms with E-state index in [2.05, 4.69) is 12.2 Å². The van der Waals surface area contributed by atoms with E-state index < -0.39 is 0 Å². The Morgan fingerprint density at radius 1 is 1.22 bits per heavy atom. The van der Waals surface area contributed by atoms with Crippen LogP contribution in [-0.2, 0) is 0 Å². The van der Waals surface area contributed by atoms with E-state index >= 15 is 0 Å².